The Morgan fingerprint density at radius 2 is 2.00 bits per heavy atom. The minimum absolute atomic E-state index is 0.211. The maximum Gasteiger partial charge on any atom is 0.274 e. The Morgan fingerprint density at radius 1 is 1.23 bits per heavy atom. The van der Waals surface area contributed by atoms with Crippen LogP contribution in [-0.2, 0) is 17.4 Å². The molecule has 31 heavy (non-hydrogen) atoms. The molecule has 9 heteroatoms. The molecule has 4 rings (SSSR count). The number of carbonyl (C=O) groups is 1. The molecule has 0 bridgehead atoms. The highest BCUT2D eigenvalue weighted by molar-refractivity contribution is 6.03. The lowest BCUT2D eigenvalue weighted by Crippen LogP contribution is -2.20. The zero-order chi connectivity index (χ0) is 22.0. The Balaban J connectivity index is 1.64. The predicted molar refractivity (Wildman–Crippen MR) is 114 cm³/mol. The smallest absolute Gasteiger partial charge is 0.274 e. The third-order valence-electron chi connectivity index (χ3n) is 5.31. The summed E-state index contributed by atoms with van der Waals surface area (Å²) < 4.78 is 7.29. The lowest BCUT2D eigenvalue weighted by molar-refractivity contribution is 0.0739. The third-order valence-corrected chi connectivity index (χ3v) is 5.31. The molecule has 1 aliphatic rings. The third kappa shape index (κ3) is 4.78. The van der Waals surface area contributed by atoms with E-state index in [0.717, 1.165) is 24.2 Å². The average molecular weight is 422 g/mol. The first kappa shape index (κ1) is 21.1. The van der Waals surface area contributed by atoms with Crippen molar-refractivity contribution in [2.24, 2.45) is 7.05 Å². The van der Waals surface area contributed by atoms with Crippen LogP contribution in [0.3, 0.4) is 0 Å². The molecule has 1 aliphatic heterocycles. The Kier molecular flexibility index (Phi) is 5.79. The summed E-state index contributed by atoms with van der Waals surface area (Å²) in [5.41, 5.74) is 1.83. The Morgan fingerprint density at radius 3 is 2.61 bits per heavy atom. The largest absolute Gasteiger partial charge is 0.384 e. The van der Waals surface area contributed by atoms with Crippen molar-refractivity contribution < 1.29 is 14.6 Å². The van der Waals surface area contributed by atoms with Crippen molar-refractivity contribution in [2.75, 3.05) is 18.5 Å². The van der Waals surface area contributed by atoms with Crippen LogP contribution in [0.1, 0.15) is 54.5 Å². The summed E-state index contributed by atoms with van der Waals surface area (Å²) in [4.78, 5) is 30.6. The molecule has 0 aliphatic carbocycles. The summed E-state index contributed by atoms with van der Waals surface area (Å²) >= 11 is 0. The summed E-state index contributed by atoms with van der Waals surface area (Å²) in [6.07, 6.45) is 6.59. The summed E-state index contributed by atoms with van der Waals surface area (Å²) in [6, 6.07) is 5.15. The zero-order valence-electron chi connectivity index (χ0n) is 17.9. The van der Waals surface area contributed by atoms with Gasteiger partial charge in [-0.25, -0.2) is 15.0 Å². The number of nitrogens with one attached hydrogen (secondary N) is 1. The summed E-state index contributed by atoms with van der Waals surface area (Å²) in [5.74, 6) is 0.324. The van der Waals surface area contributed by atoms with Gasteiger partial charge in [0.2, 0.25) is 0 Å². The van der Waals surface area contributed by atoms with E-state index in [1.165, 1.54) is 6.20 Å². The van der Waals surface area contributed by atoms with Gasteiger partial charge in [-0.1, -0.05) is 0 Å². The van der Waals surface area contributed by atoms with Crippen molar-refractivity contribution in [2.45, 2.75) is 38.2 Å². The lowest BCUT2D eigenvalue weighted by atomic mass is 9.95. The quantitative estimate of drug-likeness (QED) is 0.649. The highest BCUT2D eigenvalue weighted by Gasteiger charge is 2.22. The molecule has 0 unspecified atom stereocenters. The van der Waals surface area contributed by atoms with E-state index in [1.54, 1.807) is 44.6 Å². The van der Waals surface area contributed by atoms with Crippen LogP contribution in [-0.4, -0.2) is 48.7 Å². The molecular formula is C22H26N6O3. The van der Waals surface area contributed by atoms with Crippen LogP contribution in [0.2, 0.25) is 0 Å². The number of pyridine rings is 1. The van der Waals surface area contributed by atoms with Crippen molar-refractivity contribution in [3.63, 3.8) is 0 Å². The van der Waals surface area contributed by atoms with Crippen LogP contribution >= 0.6 is 0 Å². The topological polar surface area (TPSA) is 115 Å². The van der Waals surface area contributed by atoms with Gasteiger partial charge >= 0.3 is 0 Å². The van der Waals surface area contributed by atoms with E-state index in [0.29, 0.717) is 30.4 Å². The van der Waals surface area contributed by atoms with E-state index in [4.69, 9.17) is 9.72 Å². The number of anilines is 1. The van der Waals surface area contributed by atoms with E-state index in [2.05, 4.69) is 20.3 Å². The van der Waals surface area contributed by atoms with Crippen LogP contribution in [0.4, 0.5) is 5.69 Å². The molecule has 1 fully saturated rings. The van der Waals surface area contributed by atoms with Gasteiger partial charge in [0.05, 0.1) is 30.1 Å². The molecule has 3 aromatic rings. The number of carbonyl (C=O) groups excluding carboxylic acids is 1. The molecule has 0 aromatic carbocycles. The second-order valence-corrected chi connectivity index (χ2v) is 8.22. The summed E-state index contributed by atoms with van der Waals surface area (Å²) in [7, 11) is 1.86. The minimum Gasteiger partial charge on any atom is -0.384 e. The molecule has 3 aromatic heterocycles. The van der Waals surface area contributed by atoms with Gasteiger partial charge in [0.15, 0.2) is 5.82 Å². The van der Waals surface area contributed by atoms with E-state index >= 15 is 0 Å². The first-order valence-corrected chi connectivity index (χ1v) is 10.2. The number of aromatic nitrogens is 5. The molecule has 162 valence electrons. The molecular weight excluding hydrogens is 396 g/mol. The first-order valence-electron chi connectivity index (χ1n) is 10.2. The zero-order valence-corrected chi connectivity index (χ0v) is 17.9. The number of rotatable bonds is 5. The first-order chi connectivity index (χ1) is 14.8. The van der Waals surface area contributed by atoms with E-state index in [9.17, 15) is 9.90 Å². The highest BCUT2D eigenvalue weighted by Crippen LogP contribution is 2.28. The number of aliphatic hydroxyl groups is 1. The fraction of sp³-hybridized carbons (Fsp3) is 0.409. The van der Waals surface area contributed by atoms with Gasteiger partial charge in [-0.15, -0.1) is 0 Å². The van der Waals surface area contributed by atoms with E-state index in [-0.39, 0.29) is 17.5 Å². The molecule has 9 nitrogen and oxygen atoms in total. The summed E-state index contributed by atoms with van der Waals surface area (Å²) in [5, 5.41) is 12.9. The van der Waals surface area contributed by atoms with Gasteiger partial charge in [0.1, 0.15) is 17.0 Å². The van der Waals surface area contributed by atoms with E-state index in [1.807, 2.05) is 11.6 Å². The monoisotopic (exact) mass is 422 g/mol. The van der Waals surface area contributed by atoms with Crippen LogP contribution in [0, 0.1) is 0 Å². The molecule has 0 saturated carbocycles. The number of ether oxygens (including phenoxy) is 1. The van der Waals surface area contributed by atoms with Gasteiger partial charge < -0.3 is 19.7 Å². The second-order valence-electron chi connectivity index (χ2n) is 8.22. The maximum absolute atomic E-state index is 13.0. The van der Waals surface area contributed by atoms with Crippen molar-refractivity contribution in [1.82, 2.24) is 24.5 Å². The lowest BCUT2D eigenvalue weighted by Gasteiger charge is -2.22. The fourth-order valence-electron chi connectivity index (χ4n) is 3.50. The van der Waals surface area contributed by atoms with E-state index < -0.39 is 5.60 Å². The molecule has 4 heterocycles. The van der Waals surface area contributed by atoms with Crippen molar-refractivity contribution in [3.8, 4) is 11.5 Å². The maximum atomic E-state index is 13.0. The fourth-order valence-corrected chi connectivity index (χ4v) is 3.50. The molecule has 0 radical (unpaired) electrons. The second kappa shape index (κ2) is 8.52. The normalized spacial score (nSPS) is 15.1. The SMILES string of the molecule is Cn1cncc1-c1nc(C(=O)Nc2ccc(C(C)(C)O)nc2)cc(C2CCOCC2)n1. The number of amides is 1. The highest BCUT2D eigenvalue weighted by atomic mass is 16.5. The Bertz CT molecular complexity index is 1070. The summed E-state index contributed by atoms with van der Waals surface area (Å²) in [6.45, 7) is 4.67. The Hall–Kier alpha value is -3.17. The van der Waals surface area contributed by atoms with Gasteiger partial charge in [-0.05, 0) is 44.9 Å². The predicted octanol–water partition coefficient (Wildman–Crippen LogP) is 2.65. The molecule has 2 N–H and O–H groups in total. The van der Waals surface area contributed by atoms with Crippen molar-refractivity contribution in [1.29, 1.82) is 0 Å². The van der Waals surface area contributed by atoms with Crippen LogP contribution in [0.25, 0.3) is 11.5 Å². The van der Waals surface area contributed by atoms with Gasteiger partial charge in [0, 0.05) is 31.9 Å². The van der Waals surface area contributed by atoms with Crippen LogP contribution < -0.4 is 5.32 Å². The minimum atomic E-state index is -1.05. The van der Waals surface area contributed by atoms with Crippen LogP contribution in [0.15, 0.2) is 36.9 Å². The number of hydrogen-bond acceptors (Lipinski definition) is 7. The number of nitrogens with zero attached hydrogens (tertiary/aromatic N) is 5. The molecule has 0 atom stereocenters. The number of imidazole rings is 1. The van der Waals surface area contributed by atoms with Gasteiger partial charge in [0.25, 0.3) is 5.91 Å². The van der Waals surface area contributed by atoms with Crippen molar-refractivity contribution in [3.05, 3.63) is 54.0 Å². The molecule has 1 amide bonds. The molecule has 1 saturated heterocycles. The van der Waals surface area contributed by atoms with Gasteiger partial charge in [-0.2, -0.15) is 0 Å². The number of aryl methyl sites for hydroxylation is 1. The average Bonchev–Trinajstić information content (AvgIpc) is 3.19. The number of hydrogen-bond donors (Lipinski definition) is 2. The van der Waals surface area contributed by atoms with Crippen molar-refractivity contribution >= 4 is 11.6 Å². The van der Waals surface area contributed by atoms with Gasteiger partial charge in [-0.3, -0.25) is 9.78 Å². The Labute approximate surface area is 180 Å². The molecule has 0 spiro atoms. The van der Waals surface area contributed by atoms with Crippen LogP contribution in [0.5, 0.6) is 0 Å². The standard InChI is InChI=1S/C22H26N6O3/c1-22(2,30)19-5-4-15(11-24-19)25-21(29)17-10-16(14-6-8-31-9-7-14)26-20(27-17)18-12-23-13-28(18)3/h4-5,10-14,30H,6-9H2,1-3H3,(H,25,29).